The van der Waals surface area contributed by atoms with Gasteiger partial charge in [-0.25, -0.2) is 9.37 Å². The van der Waals surface area contributed by atoms with Crippen LogP contribution in [0.1, 0.15) is 30.9 Å². The number of fused-ring (bicyclic) bond motifs is 2. The fraction of sp³-hybridized carbons (Fsp3) is 0.364. The molecular weight excluding hydrogens is 355 g/mol. The number of aryl methyl sites for hydroxylation is 1. The van der Waals surface area contributed by atoms with Gasteiger partial charge in [-0.2, -0.15) is 0 Å². The predicted molar refractivity (Wildman–Crippen MR) is 107 cm³/mol. The second-order valence-corrected chi connectivity index (χ2v) is 7.60. The molecule has 4 aromatic rings. The first kappa shape index (κ1) is 17.4. The topological polar surface area (TPSA) is 47.1 Å². The van der Waals surface area contributed by atoms with E-state index in [-0.39, 0.29) is 5.82 Å². The maximum atomic E-state index is 13.3. The molecule has 3 heterocycles. The number of piperidine rings is 1. The van der Waals surface area contributed by atoms with Gasteiger partial charge in [0.2, 0.25) is 0 Å². The minimum Gasteiger partial charge on any atom is -0.356 e. The zero-order chi connectivity index (χ0) is 18.9. The van der Waals surface area contributed by atoms with Gasteiger partial charge in [-0.1, -0.05) is 17.3 Å². The molecule has 0 unspecified atom stereocenters. The Morgan fingerprint density at radius 2 is 1.93 bits per heavy atom. The van der Waals surface area contributed by atoms with Crippen LogP contribution in [0, 0.1) is 5.82 Å². The fourth-order valence-electron chi connectivity index (χ4n) is 4.31. The van der Waals surface area contributed by atoms with Crippen LogP contribution in [0.4, 0.5) is 4.39 Å². The van der Waals surface area contributed by atoms with Crippen LogP contribution >= 0.6 is 0 Å². The van der Waals surface area contributed by atoms with E-state index in [1.165, 1.54) is 17.6 Å². The molecule has 0 spiro atoms. The second kappa shape index (κ2) is 7.36. The van der Waals surface area contributed by atoms with Gasteiger partial charge >= 0.3 is 0 Å². The van der Waals surface area contributed by atoms with Crippen LogP contribution in [0.3, 0.4) is 0 Å². The van der Waals surface area contributed by atoms with Gasteiger partial charge in [0.25, 0.3) is 0 Å². The van der Waals surface area contributed by atoms with Gasteiger partial charge in [0, 0.05) is 23.9 Å². The lowest BCUT2D eigenvalue weighted by molar-refractivity contribution is 0.204. The lowest BCUT2D eigenvalue weighted by atomic mass is 9.91. The molecule has 144 valence electrons. The van der Waals surface area contributed by atoms with E-state index in [4.69, 9.17) is 4.52 Å². The second-order valence-electron chi connectivity index (χ2n) is 7.60. The smallest absolute Gasteiger partial charge is 0.170 e. The Morgan fingerprint density at radius 1 is 1.07 bits per heavy atom. The van der Waals surface area contributed by atoms with Crippen LogP contribution in [0.15, 0.2) is 53.3 Å². The number of aromatic nitrogens is 3. The maximum Gasteiger partial charge on any atom is 0.170 e. The molecule has 1 saturated heterocycles. The number of imidazole rings is 1. The minimum absolute atomic E-state index is 0.282. The maximum absolute atomic E-state index is 13.3. The number of likely N-dealkylation sites (tertiary alicyclic amines) is 1. The van der Waals surface area contributed by atoms with E-state index in [9.17, 15) is 4.39 Å². The van der Waals surface area contributed by atoms with Crippen molar-refractivity contribution in [1.29, 1.82) is 0 Å². The summed E-state index contributed by atoms with van der Waals surface area (Å²) in [5.41, 5.74) is 3.79. The third-order valence-electron chi connectivity index (χ3n) is 5.84. The average molecular weight is 378 g/mol. The number of hydrogen-bond donors (Lipinski definition) is 0. The number of nitrogens with zero attached hydrogens (tertiary/aromatic N) is 4. The van der Waals surface area contributed by atoms with Gasteiger partial charge < -0.3 is 14.0 Å². The van der Waals surface area contributed by atoms with E-state index in [0.29, 0.717) is 11.5 Å². The van der Waals surface area contributed by atoms with Crippen LogP contribution in [-0.4, -0.2) is 39.2 Å². The number of halogens is 1. The number of para-hydroxylation sites is 2. The Bertz CT molecular complexity index is 1090. The molecule has 5 rings (SSSR count). The van der Waals surface area contributed by atoms with Gasteiger partial charge in [0.1, 0.15) is 5.82 Å². The van der Waals surface area contributed by atoms with E-state index in [1.54, 1.807) is 6.07 Å². The standard InChI is InChI=1S/C22H23FN4O/c23-17-6-7-18-21(14-17)28-25-22(18)16-8-12-26(13-9-16)10-3-11-27-15-24-19-4-1-2-5-20(19)27/h1-2,4-7,14-16H,3,8-13H2. The SMILES string of the molecule is Fc1ccc2c(C3CCN(CCCn4cnc5ccccc54)CC3)noc2c1. The van der Waals surface area contributed by atoms with Gasteiger partial charge in [0.15, 0.2) is 5.58 Å². The van der Waals surface area contributed by atoms with Crippen molar-refractivity contribution in [3.63, 3.8) is 0 Å². The highest BCUT2D eigenvalue weighted by atomic mass is 19.1. The first-order valence-corrected chi connectivity index (χ1v) is 9.95. The normalized spacial score (nSPS) is 16.3. The van der Waals surface area contributed by atoms with Crippen LogP contribution < -0.4 is 0 Å². The van der Waals surface area contributed by atoms with Gasteiger partial charge in [-0.15, -0.1) is 0 Å². The quantitative estimate of drug-likeness (QED) is 0.510. The van der Waals surface area contributed by atoms with Gasteiger partial charge in [-0.3, -0.25) is 0 Å². The van der Waals surface area contributed by atoms with E-state index < -0.39 is 0 Å². The summed E-state index contributed by atoms with van der Waals surface area (Å²) in [5, 5.41) is 5.19. The van der Waals surface area contributed by atoms with Crippen molar-refractivity contribution in [2.45, 2.75) is 31.7 Å². The average Bonchev–Trinajstić information content (AvgIpc) is 3.33. The van der Waals surface area contributed by atoms with Crippen LogP contribution in [0.25, 0.3) is 22.0 Å². The highest BCUT2D eigenvalue weighted by Gasteiger charge is 2.24. The summed E-state index contributed by atoms with van der Waals surface area (Å²) >= 11 is 0. The number of hydrogen-bond acceptors (Lipinski definition) is 4. The Labute approximate surface area is 162 Å². The summed E-state index contributed by atoms with van der Waals surface area (Å²) in [5.74, 6) is 0.108. The molecule has 6 heteroatoms. The molecule has 2 aromatic carbocycles. The predicted octanol–water partition coefficient (Wildman–Crippen LogP) is 4.59. The van der Waals surface area contributed by atoms with Crippen molar-refractivity contribution in [2.75, 3.05) is 19.6 Å². The highest BCUT2D eigenvalue weighted by molar-refractivity contribution is 5.80. The fourth-order valence-corrected chi connectivity index (χ4v) is 4.31. The summed E-state index contributed by atoms with van der Waals surface area (Å²) in [6.07, 6.45) is 5.17. The number of rotatable bonds is 5. The Kier molecular flexibility index (Phi) is 4.56. The Hall–Kier alpha value is -2.73. The van der Waals surface area contributed by atoms with Crippen molar-refractivity contribution in [3.8, 4) is 0 Å². The molecular formula is C22H23FN4O. The van der Waals surface area contributed by atoms with E-state index >= 15 is 0 Å². The molecule has 0 radical (unpaired) electrons. The molecule has 1 fully saturated rings. The van der Waals surface area contributed by atoms with E-state index in [1.807, 2.05) is 12.4 Å². The molecule has 1 aliphatic heterocycles. The molecule has 0 aliphatic carbocycles. The zero-order valence-electron chi connectivity index (χ0n) is 15.7. The lowest BCUT2D eigenvalue weighted by Crippen LogP contribution is -2.34. The van der Waals surface area contributed by atoms with Crippen LogP contribution in [0.5, 0.6) is 0 Å². The number of benzene rings is 2. The molecule has 0 atom stereocenters. The lowest BCUT2D eigenvalue weighted by Gasteiger charge is -2.31. The van der Waals surface area contributed by atoms with Crippen molar-refractivity contribution in [3.05, 3.63) is 60.3 Å². The third-order valence-corrected chi connectivity index (χ3v) is 5.84. The molecule has 1 aliphatic rings. The molecule has 0 saturated carbocycles. The molecule has 2 aromatic heterocycles. The summed E-state index contributed by atoms with van der Waals surface area (Å²) in [6.45, 7) is 4.19. The van der Waals surface area contributed by atoms with Crippen LogP contribution in [0.2, 0.25) is 0 Å². The van der Waals surface area contributed by atoms with Crippen molar-refractivity contribution >= 4 is 22.0 Å². The van der Waals surface area contributed by atoms with Gasteiger partial charge in [-0.05, 0) is 63.2 Å². The first-order chi connectivity index (χ1) is 13.8. The Balaban J connectivity index is 1.16. The highest BCUT2D eigenvalue weighted by Crippen LogP contribution is 2.32. The molecule has 0 amide bonds. The monoisotopic (exact) mass is 378 g/mol. The van der Waals surface area contributed by atoms with Gasteiger partial charge in [0.05, 0.1) is 23.1 Å². The summed E-state index contributed by atoms with van der Waals surface area (Å²) in [4.78, 5) is 6.99. The minimum atomic E-state index is -0.282. The molecule has 28 heavy (non-hydrogen) atoms. The summed E-state index contributed by atoms with van der Waals surface area (Å²) < 4.78 is 20.9. The van der Waals surface area contributed by atoms with Crippen LogP contribution in [-0.2, 0) is 6.54 Å². The first-order valence-electron chi connectivity index (χ1n) is 9.95. The van der Waals surface area contributed by atoms with Crippen molar-refractivity contribution in [1.82, 2.24) is 19.6 Å². The Morgan fingerprint density at radius 3 is 2.82 bits per heavy atom. The molecule has 0 N–H and O–H groups in total. The van der Waals surface area contributed by atoms with E-state index in [0.717, 1.165) is 62.0 Å². The molecule has 0 bridgehead atoms. The van der Waals surface area contributed by atoms with Crippen molar-refractivity contribution < 1.29 is 8.91 Å². The van der Waals surface area contributed by atoms with Crippen molar-refractivity contribution in [2.24, 2.45) is 0 Å². The largest absolute Gasteiger partial charge is 0.356 e. The third kappa shape index (κ3) is 3.29. The summed E-state index contributed by atoms with van der Waals surface area (Å²) in [7, 11) is 0. The molecule has 5 nitrogen and oxygen atoms in total. The zero-order valence-corrected chi connectivity index (χ0v) is 15.7. The summed E-state index contributed by atoms with van der Waals surface area (Å²) in [6, 6.07) is 13.0. The van der Waals surface area contributed by atoms with E-state index in [2.05, 4.69) is 37.8 Å².